The van der Waals surface area contributed by atoms with E-state index in [2.05, 4.69) is 5.32 Å². The molecule has 0 spiro atoms. The van der Waals surface area contributed by atoms with E-state index < -0.39 is 12.0 Å². The molecule has 1 aliphatic heterocycles. The second kappa shape index (κ2) is 6.44. The van der Waals surface area contributed by atoms with Gasteiger partial charge in [-0.15, -0.1) is 0 Å². The number of hydrogen-bond acceptors (Lipinski definition) is 3. The quantitative estimate of drug-likeness (QED) is 0.762. The summed E-state index contributed by atoms with van der Waals surface area (Å²) < 4.78 is 5.48. The van der Waals surface area contributed by atoms with Crippen molar-refractivity contribution in [2.24, 2.45) is 0 Å². The van der Waals surface area contributed by atoms with Crippen molar-refractivity contribution in [3.8, 4) is 0 Å². The second-order valence-electron chi connectivity index (χ2n) is 4.18. The molecule has 1 heterocycles. The smallest absolute Gasteiger partial charge is 0.325 e. The zero-order chi connectivity index (χ0) is 12.8. The molecule has 1 aliphatic rings. The van der Waals surface area contributed by atoms with Crippen molar-refractivity contribution in [2.45, 2.75) is 38.8 Å². The lowest BCUT2D eigenvalue weighted by atomic mass is 10.1. The normalized spacial score (nSPS) is 22.0. The first kappa shape index (κ1) is 13.8. The van der Waals surface area contributed by atoms with Gasteiger partial charge in [-0.2, -0.15) is 0 Å². The second-order valence-corrected chi connectivity index (χ2v) is 4.18. The van der Waals surface area contributed by atoms with Crippen LogP contribution in [0.2, 0.25) is 0 Å². The molecule has 2 amide bonds. The average molecular weight is 244 g/mol. The van der Waals surface area contributed by atoms with Gasteiger partial charge in [0.2, 0.25) is 0 Å². The summed E-state index contributed by atoms with van der Waals surface area (Å²) in [5.41, 5.74) is 0. The number of piperidine rings is 1. The van der Waals surface area contributed by atoms with Crippen molar-refractivity contribution < 1.29 is 19.4 Å². The Kier molecular flexibility index (Phi) is 5.21. The number of carboxylic acid groups (broad SMARTS) is 1. The van der Waals surface area contributed by atoms with Crippen molar-refractivity contribution in [1.29, 1.82) is 0 Å². The number of nitrogens with zero attached hydrogens (tertiary/aromatic N) is 1. The number of urea groups is 1. The minimum atomic E-state index is -1.03. The Morgan fingerprint density at radius 2 is 2.29 bits per heavy atom. The molecule has 1 saturated heterocycles. The average Bonchev–Trinajstić information content (AvgIpc) is 2.29. The van der Waals surface area contributed by atoms with Crippen LogP contribution in [0.5, 0.6) is 0 Å². The Morgan fingerprint density at radius 1 is 1.59 bits per heavy atom. The number of carbonyl (C=O) groups is 2. The highest BCUT2D eigenvalue weighted by Crippen LogP contribution is 2.13. The van der Waals surface area contributed by atoms with Gasteiger partial charge in [0.15, 0.2) is 0 Å². The van der Waals surface area contributed by atoms with Gasteiger partial charge >= 0.3 is 12.0 Å². The molecule has 0 radical (unpaired) electrons. The predicted molar refractivity (Wildman–Crippen MR) is 61.9 cm³/mol. The van der Waals surface area contributed by atoms with Crippen LogP contribution in [0.3, 0.4) is 0 Å². The lowest BCUT2D eigenvalue weighted by molar-refractivity contribution is -0.138. The standard InChI is InChI=1S/C11H20N2O4/c1-3-17-9-5-4-6-13(7-9)11(16)12-8(2)10(14)15/h8-9H,3-7H2,1-2H3,(H,12,16)(H,14,15). The molecule has 0 aromatic carbocycles. The summed E-state index contributed by atoms with van der Waals surface area (Å²) in [6.45, 7) is 5.19. The van der Waals surface area contributed by atoms with Crippen LogP contribution in [-0.2, 0) is 9.53 Å². The third kappa shape index (κ3) is 4.22. The van der Waals surface area contributed by atoms with Crippen LogP contribution in [0.15, 0.2) is 0 Å². The highest BCUT2D eigenvalue weighted by atomic mass is 16.5. The largest absolute Gasteiger partial charge is 0.480 e. The Labute approximate surface area is 101 Å². The van der Waals surface area contributed by atoms with Crippen molar-refractivity contribution >= 4 is 12.0 Å². The molecule has 0 aromatic heterocycles. The maximum absolute atomic E-state index is 11.8. The lowest BCUT2D eigenvalue weighted by Crippen LogP contribution is -2.51. The molecule has 17 heavy (non-hydrogen) atoms. The molecule has 2 atom stereocenters. The van der Waals surface area contributed by atoms with Crippen molar-refractivity contribution in [2.75, 3.05) is 19.7 Å². The van der Waals surface area contributed by atoms with Crippen molar-refractivity contribution in [3.05, 3.63) is 0 Å². The number of aliphatic carboxylic acids is 1. The topological polar surface area (TPSA) is 78.9 Å². The highest BCUT2D eigenvalue weighted by Gasteiger charge is 2.25. The number of ether oxygens (including phenoxy) is 1. The van der Waals surface area contributed by atoms with E-state index in [1.54, 1.807) is 4.90 Å². The molecule has 2 unspecified atom stereocenters. The molecule has 1 fully saturated rings. The van der Waals surface area contributed by atoms with Gasteiger partial charge < -0.3 is 20.1 Å². The third-order valence-corrected chi connectivity index (χ3v) is 2.78. The zero-order valence-electron chi connectivity index (χ0n) is 10.3. The van der Waals surface area contributed by atoms with Crippen LogP contribution >= 0.6 is 0 Å². The van der Waals surface area contributed by atoms with Gasteiger partial charge in [-0.3, -0.25) is 4.79 Å². The van der Waals surface area contributed by atoms with E-state index in [1.807, 2.05) is 6.92 Å². The molecule has 0 aromatic rings. The Hall–Kier alpha value is -1.30. The zero-order valence-corrected chi connectivity index (χ0v) is 10.3. The molecule has 0 bridgehead atoms. The van der Waals surface area contributed by atoms with Gasteiger partial charge in [-0.25, -0.2) is 4.79 Å². The number of likely N-dealkylation sites (tertiary alicyclic amines) is 1. The van der Waals surface area contributed by atoms with Crippen LogP contribution < -0.4 is 5.32 Å². The Bertz CT molecular complexity index is 281. The Balaban J connectivity index is 2.43. The fraction of sp³-hybridized carbons (Fsp3) is 0.818. The van der Waals surface area contributed by atoms with Crippen LogP contribution in [-0.4, -0.2) is 53.8 Å². The van der Waals surface area contributed by atoms with E-state index in [0.29, 0.717) is 19.7 Å². The first-order chi connectivity index (χ1) is 8.04. The molecule has 6 nitrogen and oxygen atoms in total. The minimum absolute atomic E-state index is 0.0691. The summed E-state index contributed by atoms with van der Waals surface area (Å²) in [6, 6.07) is -1.20. The molecule has 1 rings (SSSR count). The van der Waals surface area contributed by atoms with Crippen LogP contribution in [0.25, 0.3) is 0 Å². The summed E-state index contributed by atoms with van der Waals surface area (Å²) in [5.74, 6) is -1.03. The molecule has 2 N–H and O–H groups in total. The van der Waals surface area contributed by atoms with Crippen molar-refractivity contribution in [3.63, 3.8) is 0 Å². The Morgan fingerprint density at radius 3 is 2.88 bits per heavy atom. The third-order valence-electron chi connectivity index (χ3n) is 2.78. The fourth-order valence-corrected chi connectivity index (χ4v) is 1.83. The van der Waals surface area contributed by atoms with Gasteiger partial charge in [0.1, 0.15) is 6.04 Å². The monoisotopic (exact) mass is 244 g/mol. The summed E-state index contributed by atoms with van der Waals surface area (Å²) in [6.07, 6.45) is 1.91. The number of carboxylic acids is 1. The van der Waals surface area contributed by atoms with Gasteiger partial charge in [-0.05, 0) is 26.7 Å². The van der Waals surface area contributed by atoms with E-state index in [-0.39, 0.29) is 12.1 Å². The maximum Gasteiger partial charge on any atom is 0.325 e. The SMILES string of the molecule is CCOC1CCCN(C(=O)NC(C)C(=O)O)C1. The summed E-state index contributed by atoms with van der Waals surface area (Å²) in [4.78, 5) is 24.0. The minimum Gasteiger partial charge on any atom is -0.480 e. The van der Waals surface area contributed by atoms with Crippen LogP contribution in [0.1, 0.15) is 26.7 Å². The summed E-state index contributed by atoms with van der Waals surface area (Å²) in [7, 11) is 0. The number of rotatable bonds is 4. The van der Waals surface area contributed by atoms with E-state index >= 15 is 0 Å². The number of hydrogen-bond donors (Lipinski definition) is 2. The van der Waals surface area contributed by atoms with E-state index in [4.69, 9.17) is 9.84 Å². The van der Waals surface area contributed by atoms with Crippen LogP contribution in [0.4, 0.5) is 4.79 Å². The number of carbonyl (C=O) groups excluding carboxylic acids is 1. The molecule has 98 valence electrons. The maximum atomic E-state index is 11.8. The summed E-state index contributed by atoms with van der Waals surface area (Å²) in [5, 5.41) is 11.2. The van der Waals surface area contributed by atoms with Gasteiger partial charge in [0.05, 0.1) is 6.10 Å². The molecule has 0 saturated carbocycles. The molecular weight excluding hydrogens is 224 g/mol. The molecular formula is C11H20N2O4. The molecule has 0 aliphatic carbocycles. The predicted octanol–water partition coefficient (Wildman–Crippen LogP) is 0.670. The van der Waals surface area contributed by atoms with Gasteiger partial charge in [0, 0.05) is 19.7 Å². The van der Waals surface area contributed by atoms with Gasteiger partial charge in [-0.1, -0.05) is 0 Å². The van der Waals surface area contributed by atoms with E-state index in [1.165, 1.54) is 6.92 Å². The number of nitrogens with one attached hydrogen (secondary N) is 1. The summed E-state index contributed by atoms with van der Waals surface area (Å²) >= 11 is 0. The van der Waals surface area contributed by atoms with E-state index in [9.17, 15) is 9.59 Å². The van der Waals surface area contributed by atoms with Crippen molar-refractivity contribution in [1.82, 2.24) is 10.2 Å². The first-order valence-electron chi connectivity index (χ1n) is 5.94. The fourth-order valence-electron chi connectivity index (χ4n) is 1.83. The first-order valence-corrected chi connectivity index (χ1v) is 5.94. The van der Waals surface area contributed by atoms with Gasteiger partial charge in [0.25, 0.3) is 0 Å². The molecule has 6 heteroatoms. The highest BCUT2D eigenvalue weighted by molar-refractivity contribution is 5.82. The van der Waals surface area contributed by atoms with Crippen LogP contribution in [0, 0.1) is 0 Å². The number of amides is 2. The van der Waals surface area contributed by atoms with E-state index in [0.717, 1.165) is 12.8 Å². The lowest BCUT2D eigenvalue weighted by Gasteiger charge is -2.32.